The molecule has 86 valence electrons. The van der Waals surface area contributed by atoms with Gasteiger partial charge in [-0.2, -0.15) is 0 Å². The van der Waals surface area contributed by atoms with Gasteiger partial charge in [0, 0.05) is 5.56 Å². The molecule has 1 heterocycles. The van der Waals surface area contributed by atoms with Gasteiger partial charge in [-0.25, -0.2) is 13.2 Å². The zero-order valence-electron chi connectivity index (χ0n) is 8.34. The summed E-state index contributed by atoms with van der Waals surface area (Å²) in [6.45, 7) is -0.462. The molecule has 0 saturated carbocycles. The van der Waals surface area contributed by atoms with Crippen LogP contribution < -0.4 is 4.74 Å². The van der Waals surface area contributed by atoms with E-state index in [-0.39, 0.29) is 10.6 Å². The van der Waals surface area contributed by atoms with Crippen LogP contribution in [0.3, 0.4) is 0 Å². The van der Waals surface area contributed by atoms with Gasteiger partial charge in [0.25, 0.3) is 0 Å². The summed E-state index contributed by atoms with van der Waals surface area (Å²) in [7, 11) is -3.19. The minimum atomic E-state index is -3.19. The minimum absolute atomic E-state index is 0.0653. The third kappa shape index (κ3) is 1.88. The van der Waals surface area contributed by atoms with E-state index in [1.165, 1.54) is 6.07 Å². The summed E-state index contributed by atoms with van der Waals surface area (Å²) < 4.78 is 28.2. The predicted molar refractivity (Wildman–Crippen MR) is 55.3 cm³/mol. The molecule has 2 rings (SSSR count). The van der Waals surface area contributed by atoms with Gasteiger partial charge in [0.05, 0.1) is 10.6 Å². The lowest BCUT2D eigenvalue weighted by atomic mass is 10.1. The lowest BCUT2D eigenvalue weighted by Crippen LogP contribution is -2.10. The van der Waals surface area contributed by atoms with Gasteiger partial charge in [0.1, 0.15) is 5.75 Å². The Morgan fingerprint density at radius 2 is 2.19 bits per heavy atom. The Balaban J connectivity index is 2.36. The number of carboxylic acids is 1. The molecule has 0 saturated heterocycles. The van der Waals surface area contributed by atoms with Crippen LogP contribution in [0.1, 0.15) is 5.56 Å². The Morgan fingerprint density at radius 3 is 2.88 bits per heavy atom. The molecule has 0 spiro atoms. The van der Waals surface area contributed by atoms with Crippen molar-refractivity contribution in [3.63, 3.8) is 0 Å². The predicted octanol–water partition coefficient (Wildman–Crippen LogP) is 0.480. The van der Waals surface area contributed by atoms with E-state index in [1.54, 1.807) is 12.1 Å². The van der Waals surface area contributed by atoms with Crippen molar-refractivity contribution in [3.8, 4) is 5.75 Å². The molecule has 0 unspecified atom stereocenters. The summed E-state index contributed by atoms with van der Waals surface area (Å²) in [5.41, 5.74) is 0.587. The van der Waals surface area contributed by atoms with Crippen molar-refractivity contribution in [2.24, 2.45) is 0 Å². The zero-order valence-corrected chi connectivity index (χ0v) is 9.16. The number of fused-ring (bicyclic) bond motifs is 1. The van der Waals surface area contributed by atoms with Gasteiger partial charge in [-0.1, -0.05) is 6.07 Å². The number of benzene rings is 1. The molecular weight excluding hydrogens is 232 g/mol. The van der Waals surface area contributed by atoms with E-state index in [2.05, 4.69) is 0 Å². The van der Waals surface area contributed by atoms with Crippen LogP contribution in [-0.4, -0.2) is 31.9 Å². The van der Waals surface area contributed by atoms with Gasteiger partial charge in [-0.05, 0) is 18.6 Å². The smallest absolute Gasteiger partial charge is 0.341 e. The first kappa shape index (κ1) is 10.9. The summed E-state index contributed by atoms with van der Waals surface area (Å²) in [6.07, 6.45) is 0.382. The van der Waals surface area contributed by atoms with Crippen molar-refractivity contribution < 1.29 is 23.1 Å². The summed E-state index contributed by atoms with van der Waals surface area (Å²) in [6, 6.07) is 4.66. The van der Waals surface area contributed by atoms with E-state index in [4.69, 9.17) is 9.84 Å². The normalized spacial score (nSPS) is 16.8. The van der Waals surface area contributed by atoms with Crippen LogP contribution >= 0.6 is 0 Å². The highest BCUT2D eigenvalue weighted by Crippen LogP contribution is 2.32. The maximum atomic E-state index is 11.6. The van der Waals surface area contributed by atoms with E-state index in [9.17, 15) is 13.2 Å². The summed E-state index contributed by atoms with van der Waals surface area (Å²) in [5, 5.41) is 8.48. The van der Waals surface area contributed by atoms with Crippen molar-refractivity contribution in [3.05, 3.63) is 23.8 Å². The summed E-state index contributed by atoms with van der Waals surface area (Å²) >= 11 is 0. The molecule has 1 aliphatic rings. The number of sulfone groups is 1. The molecule has 0 fully saturated rings. The molecular formula is C10H10O5S. The highest BCUT2D eigenvalue weighted by molar-refractivity contribution is 7.91. The highest BCUT2D eigenvalue weighted by Gasteiger charge is 2.28. The Morgan fingerprint density at radius 1 is 1.44 bits per heavy atom. The molecule has 0 radical (unpaired) electrons. The largest absolute Gasteiger partial charge is 0.482 e. The maximum Gasteiger partial charge on any atom is 0.341 e. The number of ether oxygens (including phenoxy) is 1. The third-order valence-electron chi connectivity index (χ3n) is 2.40. The Labute approximate surface area is 92.6 Å². The van der Waals surface area contributed by atoms with Crippen molar-refractivity contribution >= 4 is 15.8 Å². The molecule has 0 amide bonds. The lowest BCUT2D eigenvalue weighted by Gasteiger charge is -2.07. The molecule has 0 bridgehead atoms. The van der Waals surface area contributed by atoms with Crippen molar-refractivity contribution in [1.82, 2.24) is 0 Å². The fourth-order valence-electron chi connectivity index (χ4n) is 1.70. The molecule has 1 aliphatic heterocycles. The van der Waals surface area contributed by atoms with Crippen LogP contribution in [-0.2, 0) is 21.1 Å². The van der Waals surface area contributed by atoms with Crippen LogP contribution in [0.15, 0.2) is 23.1 Å². The fraction of sp³-hybridized carbons (Fsp3) is 0.300. The number of carboxylic acid groups (broad SMARTS) is 1. The van der Waals surface area contributed by atoms with E-state index in [0.29, 0.717) is 17.7 Å². The summed E-state index contributed by atoms with van der Waals surface area (Å²) in [5.74, 6) is -0.671. The number of carbonyl (C=O) groups is 1. The second-order valence-corrected chi connectivity index (χ2v) is 5.56. The molecule has 1 aromatic rings. The van der Waals surface area contributed by atoms with Gasteiger partial charge in [0.15, 0.2) is 16.4 Å². The average molecular weight is 242 g/mol. The maximum absolute atomic E-state index is 11.6. The van der Waals surface area contributed by atoms with Crippen molar-refractivity contribution in [2.45, 2.75) is 11.3 Å². The van der Waals surface area contributed by atoms with Crippen molar-refractivity contribution in [1.29, 1.82) is 0 Å². The quantitative estimate of drug-likeness (QED) is 0.833. The molecule has 0 aromatic heterocycles. The molecule has 1 aromatic carbocycles. The minimum Gasteiger partial charge on any atom is -0.482 e. The molecule has 1 N–H and O–H groups in total. The Kier molecular flexibility index (Phi) is 2.59. The first-order valence-electron chi connectivity index (χ1n) is 4.70. The summed E-state index contributed by atoms with van der Waals surface area (Å²) in [4.78, 5) is 10.6. The Bertz CT molecular complexity index is 532. The molecule has 0 atom stereocenters. The molecule has 6 heteroatoms. The SMILES string of the molecule is O=C(O)COc1cccc2c1CCS2(=O)=O. The van der Waals surface area contributed by atoms with E-state index in [0.717, 1.165) is 0 Å². The monoisotopic (exact) mass is 242 g/mol. The van der Waals surface area contributed by atoms with E-state index < -0.39 is 22.4 Å². The van der Waals surface area contributed by atoms with Gasteiger partial charge >= 0.3 is 5.97 Å². The van der Waals surface area contributed by atoms with Gasteiger partial charge in [0.2, 0.25) is 0 Å². The van der Waals surface area contributed by atoms with Crippen LogP contribution in [0.25, 0.3) is 0 Å². The van der Waals surface area contributed by atoms with Gasteiger partial charge in [-0.15, -0.1) is 0 Å². The van der Waals surface area contributed by atoms with Gasteiger partial charge in [-0.3, -0.25) is 0 Å². The van der Waals surface area contributed by atoms with E-state index in [1.807, 2.05) is 0 Å². The fourth-order valence-corrected chi connectivity index (χ4v) is 3.26. The van der Waals surface area contributed by atoms with Crippen molar-refractivity contribution in [2.75, 3.05) is 12.4 Å². The molecule has 16 heavy (non-hydrogen) atoms. The number of aliphatic carboxylic acids is 1. The van der Waals surface area contributed by atoms with Gasteiger partial charge < -0.3 is 9.84 Å². The average Bonchev–Trinajstić information content (AvgIpc) is 2.53. The zero-order chi connectivity index (χ0) is 11.8. The van der Waals surface area contributed by atoms with E-state index >= 15 is 0 Å². The first-order chi connectivity index (χ1) is 7.50. The van der Waals surface area contributed by atoms with Crippen LogP contribution in [0, 0.1) is 0 Å². The number of hydrogen-bond donors (Lipinski definition) is 1. The van der Waals surface area contributed by atoms with Crippen LogP contribution in [0.2, 0.25) is 0 Å². The first-order valence-corrected chi connectivity index (χ1v) is 6.35. The number of rotatable bonds is 3. The number of hydrogen-bond acceptors (Lipinski definition) is 4. The van der Waals surface area contributed by atoms with Crippen LogP contribution in [0.4, 0.5) is 0 Å². The second kappa shape index (κ2) is 3.79. The topological polar surface area (TPSA) is 80.7 Å². The Hall–Kier alpha value is -1.56. The van der Waals surface area contributed by atoms with Crippen LogP contribution in [0.5, 0.6) is 5.75 Å². The molecule has 0 aliphatic carbocycles. The second-order valence-electron chi connectivity index (χ2n) is 3.48. The third-order valence-corrected chi connectivity index (χ3v) is 4.19. The lowest BCUT2D eigenvalue weighted by molar-refractivity contribution is -0.139. The molecule has 5 nitrogen and oxygen atoms in total. The standard InChI is InChI=1S/C10H10O5S/c11-10(12)6-15-8-2-1-3-9-7(8)4-5-16(9,13)14/h1-3H,4-6H2,(H,11,12). The highest BCUT2D eigenvalue weighted by atomic mass is 32.2.